The zero-order valence-corrected chi connectivity index (χ0v) is 11.1. The number of nitrogens with two attached hydrogens (primary N) is 1. The molecule has 1 nitrogen and oxygen atoms in total. The maximum atomic E-state index is 13.0. The third-order valence-corrected chi connectivity index (χ3v) is 3.79. The van der Waals surface area contributed by atoms with E-state index in [4.69, 9.17) is 17.3 Å². The van der Waals surface area contributed by atoms with Crippen LogP contribution in [0.1, 0.15) is 19.4 Å². The predicted molar refractivity (Wildman–Crippen MR) is 70.7 cm³/mol. The van der Waals surface area contributed by atoms with E-state index < -0.39 is 0 Å². The molecule has 1 atom stereocenters. The van der Waals surface area contributed by atoms with Crippen LogP contribution in [0, 0.1) is 5.82 Å². The highest BCUT2D eigenvalue weighted by Gasteiger charge is 2.09. The van der Waals surface area contributed by atoms with Gasteiger partial charge in [0.15, 0.2) is 0 Å². The highest BCUT2D eigenvalue weighted by atomic mass is 35.5. The summed E-state index contributed by atoms with van der Waals surface area (Å²) < 4.78 is 13.0. The molecule has 0 aliphatic carbocycles. The van der Waals surface area contributed by atoms with Gasteiger partial charge in [-0.15, -0.1) is 0 Å². The molecule has 90 valence electrons. The van der Waals surface area contributed by atoms with E-state index in [1.54, 1.807) is 17.8 Å². The van der Waals surface area contributed by atoms with Crippen LogP contribution in [0.2, 0.25) is 5.02 Å². The maximum absolute atomic E-state index is 13.0. The van der Waals surface area contributed by atoms with Gasteiger partial charge in [-0.3, -0.25) is 0 Å². The molecular formula is C12H17ClFNS. The van der Waals surface area contributed by atoms with Gasteiger partial charge in [0, 0.05) is 16.8 Å². The van der Waals surface area contributed by atoms with Crippen LogP contribution >= 0.6 is 23.4 Å². The van der Waals surface area contributed by atoms with Gasteiger partial charge < -0.3 is 5.73 Å². The Bertz CT molecular complexity index is 344. The molecule has 1 rings (SSSR count). The lowest BCUT2D eigenvalue weighted by Crippen LogP contribution is -2.26. The molecule has 16 heavy (non-hydrogen) atoms. The average Bonchev–Trinajstić information content (AvgIpc) is 2.20. The number of halogens is 2. The van der Waals surface area contributed by atoms with Gasteiger partial charge in [0.05, 0.1) is 0 Å². The van der Waals surface area contributed by atoms with Crippen LogP contribution in [0.5, 0.6) is 0 Å². The molecule has 0 radical (unpaired) electrons. The van der Waals surface area contributed by atoms with Gasteiger partial charge in [-0.05, 0) is 35.4 Å². The summed E-state index contributed by atoms with van der Waals surface area (Å²) >= 11 is 7.78. The molecule has 0 aliphatic heterocycles. The van der Waals surface area contributed by atoms with E-state index >= 15 is 0 Å². The van der Waals surface area contributed by atoms with E-state index in [1.165, 1.54) is 12.1 Å². The second-order valence-corrected chi connectivity index (χ2v) is 6.10. The molecule has 0 amide bonds. The summed E-state index contributed by atoms with van der Waals surface area (Å²) in [5, 5.41) is 1.15. The summed E-state index contributed by atoms with van der Waals surface area (Å²) in [7, 11) is 0. The molecule has 0 saturated heterocycles. The fraction of sp³-hybridized carbons (Fsp3) is 0.500. The van der Waals surface area contributed by atoms with Crippen molar-refractivity contribution in [1.82, 2.24) is 0 Å². The number of benzene rings is 1. The van der Waals surface area contributed by atoms with E-state index in [0.717, 1.165) is 11.3 Å². The van der Waals surface area contributed by atoms with Gasteiger partial charge >= 0.3 is 0 Å². The number of thioether (sulfide) groups is 1. The van der Waals surface area contributed by atoms with Gasteiger partial charge in [-0.2, -0.15) is 11.8 Å². The lowest BCUT2D eigenvalue weighted by Gasteiger charge is -2.13. The topological polar surface area (TPSA) is 26.0 Å². The van der Waals surface area contributed by atoms with Crippen molar-refractivity contribution < 1.29 is 4.39 Å². The van der Waals surface area contributed by atoms with Crippen molar-refractivity contribution in [2.24, 2.45) is 5.73 Å². The van der Waals surface area contributed by atoms with Gasteiger partial charge in [0.25, 0.3) is 0 Å². The zero-order valence-electron chi connectivity index (χ0n) is 9.54. The Morgan fingerprint density at radius 3 is 2.75 bits per heavy atom. The predicted octanol–water partition coefficient (Wildman–Crippen LogP) is 3.49. The third kappa shape index (κ3) is 4.73. The maximum Gasteiger partial charge on any atom is 0.123 e. The number of hydrogen-bond donors (Lipinski definition) is 1. The van der Waals surface area contributed by atoms with Gasteiger partial charge in [0.2, 0.25) is 0 Å². The van der Waals surface area contributed by atoms with Crippen LogP contribution in [0.4, 0.5) is 4.39 Å². The minimum Gasteiger partial charge on any atom is -0.327 e. The third-order valence-electron chi connectivity index (χ3n) is 2.13. The second-order valence-electron chi connectivity index (χ2n) is 4.08. The molecule has 0 saturated carbocycles. The normalized spacial score (nSPS) is 13.1. The summed E-state index contributed by atoms with van der Waals surface area (Å²) in [6, 6.07) is 4.42. The molecular weight excluding hydrogens is 245 g/mol. The quantitative estimate of drug-likeness (QED) is 0.878. The largest absolute Gasteiger partial charge is 0.327 e. The lowest BCUT2D eigenvalue weighted by molar-refractivity contribution is 0.623. The first-order chi connectivity index (χ1) is 7.49. The Hall–Kier alpha value is -0.250. The molecule has 0 aliphatic rings. The van der Waals surface area contributed by atoms with Gasteiger partial charge in [-0.25, -0.2) is 4.39 Å². The van der Waals surface area contributed by atoms with Crippen LogP contribution in [-0.2, 0) is 6.42 Å². The molecule has 2 N–H and O–H groups in total. The first-order valence-corrected chi connectivity index (χ1v) is 6.73. The van der Waals surface area contributed by atoms with Crippen molar-refractivity contribution in [3.05, 3.63) is 34.6 Å². The van der Waals surface area contributed by atoms with Crippen molar-refractivity contribution >= 4 is 23.4 Å². The fourth-order valence-electron chi connectivity index (χ4n) is 1.36. The molecule has 0 bridgehead atoms. The van der Waals surface area contributed by atoms with Crippen LogP contribution in [-0.4, -0.2) is 17.0 Å². The first-order valence-electron chi connectivity index (χ1n) is 5.30. The summed E-state index contributed by atoms with van der Waals surface area (Å²) in [6.07, 6.45) is 0.621. The molecule has 0 fully saturated rings. The smallest absolute Gasteiger partial charge is 0.123 e. The summed E-state index contributed by atoms with van der Waals surface area (Å²) in [5.41, 5.74) is 6.76. The first kappa shape index (κ1) is 13.8. The minimum atomic E-state index is -0.261. The molecule has 0 aromatic heterocycles. The van der Waals surface area contributed by atoms with E-state index in [0.29, 0.717) is 16.7 Å². The monoisotopic (exact) mass is 261 g/mol. The van der Waals surface area contributed by atoms with E-state index in [9.17, 15) is 4.39 Å². The standard InChI is InChI=1S/C12H17ClFNS/c1-8(2)16-7-11(15)6-9-5-10(14)3-4-12(9)13/h3-5,8,11H,6-7,15H2,1-2H3. The summed E-state index contributed by atoms with van der Waals surface area (Å²) in [6.45, 7) is 4.26. The SMILES string of the molecule is CC(C)SCC(N)Cc1cc(F)ccc1Cl. The lowest BCUT2D eigenvalue weighted by atomic mass is 10.1. The van der Waals surface area contributed by atoms with Crippen molar-refractivity contribution in [3.8, 4) is 0 Å². The molecule has 1 aromatic carbocycles. The highest BCUT2D eigenvalue weighted by molar-refractivity contribution is 7.99. The van der Waals surface area contributed by atoms with Crippen molar-refractivity contribution in [3.63, 3.8) is 0 Å². The van der Waals surface area contributed by atoms with Crippen molar-refractivity contribution in [2.75, 3.05) is 5.75 Å². The van der Waals surface area contributed by atoms with Crippen molar-refractivity contribution in [2.45, 2.75) is 31.6 Å². The van der Waals surface area contributed by atoms with Crippen LogP contribution in [0.25, 0.3) is 0 Å². The van der Waals surface area contributed by atoms with Gasteiger partial charge in [0.1, 0.15) is 5.82 Å². The highest BCUT2D eigenvalue weighted by Crippen LogP contribution is 2.20. The van der Waals surface area contributed by atoms with Crippen LogP contribution < -0.4 is 5.73 Å². The Morgan fingerprint density at radius 1 is 1.44 bits per heavy atom. The molecule has 0 heterocycles. The summed E-state index contributed by atoms with van der Waals surface area (Å²) in [5.74, 6) is 0.605. The molecule has 4 heteroatoms. The molecule has 0 spiro atoms. The fourth-order valence-corrected chi connectivity index (χ4v) is 2.30. The summed E-state index contributed by atoms with van der Waals surface area (Å²) in [4.78, 5) is 0. The van der Waals surface area contributed by atoms with Gasteiger partial charge in [-0.1, -0.05) is 25.4 Å². The Kier molecular flexibility index (Phi) is 5.59. The van der Waals surface area contributed by atoms with E-state index in [1.807, 2.05) is 0 Å². The van der Waals surface area contributed by atoms with Crippen LogP contribution in [0.15, 0.2) is 18.2 Å². The number of hydrogen-bond acceptors (Lipinski definition) is 2. The van der Waals surface area contributed by atoms with Crippen molar-refractivity contribution in [1.29, 1.82) is 0 Å². The second kappa shape index (κ2) is 6.48. The van der Waals surface area contributed by atoms with E-state index in [2.05, 4.69) is 13.8 Å². The minimum absolute atomic E-state index is 0.0201. The zero-order chi connectivity index (χ0) is 12.1. The average molecular weight is 262 g/mol. The molecule has 1 aromatic rings. The Balaban J connectivity index is 2.55. The Morgan fingerprint density at radius 2 is 2.12 bits per heavy atom. The number of rotatable bonds is 5. The van der Waals surface area contributed by atoms with Crippen LogP contribution in [0.3, 0.4) is 0 Å². The van der Waals surface area contributed by atoms with E-state index in [-0.39, 0.29) is 11.9 Å². The molecule has 1 unspecified atom stereocenters. The Labute approximate surface area is 106 Å².